The summed E-state index contributed by atoms with van der Waals surface area (Å²) in [6.07, 6.45) is 2.11. The van der Waals surface area contributed by atoms with Gasteiger partial charge in [0, 0.05) is 17.1 Å². The average molecular weight is 471 g/mol. The highest BCUT2D eigenvalue weighted by Crippen LogP contribution is 2.27. The second kappa shape index (κ2) is 11.6. The number of hydrogen-bond donors (Lipinski definition) is 1. The molecule has 1 heterocycles. The SMILES string of the molecule is Fc1ccccc1OCCN1CCC(CNC(c2ccc(Cl)cc2)c2ccccc2F)CC1. The summed E-state index contributed by atoms with van der Waals surface area (Å²) in [6.45, 7) is 3.99. The normalized spacial score (nSPS) is 16.0. The fourth-order valence-corrected chi connectivity index (χ4v) is 4.44. The van der Waals surface area contributed by atoms with E-state index in [1.165, 1.54) is 12.1 Å². The van der Waals surface area contributed by atoms with E-state index in [0.717, 1.165) is 44.6 Å². The summed E-state index contributed by atoms with van der Waals surface area (Å²) >= 11 is 6.06. The lowest BCUT2D eigenvalue weighted by Crippen LogP contribution is -2.40. The summed E-state index contributed by atoms with van der Waals surface area (Å²) in [5, 5.41) is 4.26. The molecular formula is C27H29ClF2N2O. The highest BCUT2D eigenvalue weighted by Gasteiger charge is 2.22. The molecule has 0 spiro atoms. The number of benzene rings is 3. The van der Waals surface area contributed by atoms with Crippen molar-refractivity contribution in [2.24, 2.45) is 5.92 Å². The topological polar surface area (TPSA) is 24.5 Å². The molecule has 1 saturated heterocycles. The van der Waals surface area contributed by atoms with Crippen LogP contribution in [-0.2, 0) is 0 Å². The number of piperidine rings is 1. The van der Waals surface area contributed by atoms with E-state index < -0.39 is 0 Å². The standard InChI is InChI=1S/C27H29ClF2N2O/c28-22-11-9-21(10-12-22)27(23-5-1-2-6-24(23)29)31-19-20-13-15-32(16-14-20)17-18-33-26-8-4-3-7-25(26)30/h1-12,20,27,31H,13-19H2. The van der Waals surface area contributed by atoms with Crippen molar-refractivity contribution in [3.8, 4) is 5.75 Å². The van der Waals surface area contributed by atoms with Gasteiger partial charge in [0.25, 0.3) is 0 Å². The van der Waals surface area contributed by atoms with E-state index in [1.54, 1.807) is 24.3 Å². The van der Waals surface area contributed by atoms with Gasteiger partial charge in [0.1, 0.15) is 12.4 Å². The summed E-state index contributed by atoms with van der Waals surface area (Å²) in [5.41, 5.74) is 1.63. The first-order chi connectivity index (χ1) is 16.1. The number of hydrogen-bond acceptors (Lipinski definition) is 3. The predicted octanol–water partition coefficient (Wildman–Crippen LogP) is 6.09. The molecule has 4 rings (SSSR count). The van der Waals surface area contributed by atoms with Crippen LogP contribution >= 0.6 is 11.6 Å². The third kappa shape index (κ3) is 6.53. The highest BCUT2D eigenvalue weighted by atomic mass is 35.5. The van der Waals surface area contributed by atoms with E-state index in [9.17, 15) is 8.78 Å². The van der Waals surface area contributed by atoms with Crippen LogP contribution in [0.15, 0.2) is 72.8 Å². The van der Waals surface area contributed by atoms with Crippen molar-refractivity contribution in [2.45, 2.75) is 18.9 Å². The molecule has 3 aromatic rings. The van der Waals surface area contributed by atoms with E-state index in [0.29, 0.717) is 28.9 Å². The zero-order valence-corrected chi connectivity index (χ0v) is 19.3. The van der Waals surface area contributed by atoms with Crippen LogP contribution in [0.4, 0.5) is 8.78 Å². The molecule has 1 unspecified atom stereocenters. The number of ether oxygens (including phenoxy) is 1. The Morgan fingerprint density at radius 1 is 0.909 bits per heavy atom. The van der Waals surface area contributed by atoms with Crippen LogP contribution in [-0.4, -0.2) is 37.7 Å². The summed E-state index contributed by atoms with van der Waals surface area (Å²) in [6, 6.07) is 20.8. The number of nitrogens with one attached hydrogen (secondary N) is 1. The van der Waals surface area contributed by atoms with Crippen molar-refractivity contribution in [1.29, 1.82) is 0 Å². The second-order valence-corrected chi connectivity index (χ2v) is 8.91. The van der Waals surface area contributed by atoms with Gasteiger partial charge in [-0.1, -0.05) is 54.1 Å². The zero-order valence-electron chi connectivity index (χ0n) is 18.5. The molecule has 1 aliphatic heterocycles. The van der Waals surface area contributed by atoms with Crippen molar-refractivity contribution < 1.29 is 13.5 Å². The molecule has 1 atom stereocenters. The number of likely N-dealkylation sites (tertiary alicyclic amines) is 1. The number of halogens is 3. The van der Waals surface area contributed by atoms with Crippen LogP contribution in [0.5, 0.6) is 5.75 Å². The largest absolute Gasteiger partial charge is 0.489 e. The Labute approximate surface area is 199 Å². The van der Waals surface area contributed by atoms with Crippen LogP contribution in [0.1, 0.15) is 30.0 Å². The molecule has 1 fully saturated rings. The zero-order chi connectivity index (χ0) is 23.0. The van der Waals surface area contributed by atoms with Gasteiger partial charge in [0.15, 0.2) is 11.6 Å². The lowest BCUT2D eigenvalue weighted by molar-refractivity contribution is 0.151. The molecule has 3 nitrogen and oxygen atoms in total. The molecule has 174 valence electrons. The second-order valence-electron chi connectivity index (χ2n) is 8.48. The van der Waals surface area contributed by atoms with Crippen molar-refractivity contribution in [3.05, 3.63) is 101 Å². The molecule has 1 N–H and O–H groups in total. The first-order valence-corrected chi connectivity index (χ1v) is 11.8. The van der Waals surface area contributed by atoms with Crippen molar-refractivity contribution in [2.75, 3.05) is 32.8 Å². The Hall–Kier alpha value is -2.47. The van der Waals surface area contributed by atoms with Gasteiger partial charge in [0.2, 0.25) is 0 Å². The Bertz CT molecular complexity index is 1020. The summed E-state index contributed by atoms with van der Waals surface area (Å²) in [7, 11) is 0. The van der Waals surface area contributed by atoms with Gasteiger partial charge in [-0.25, -0.2) is 8.78 Å². The molecule has 6 heteroatoms. The van der Waals surface area contributed by atoms with Crippen LogP contribution in [0, 0.1) is 17.6 Å². The minimum Gasteiger partial charge on any atom is -0.489 e. The molecule has 1 aliphatic rings. The predicted molar refractivity (Wildman–Crippen MR) is 129 cm³/mol. The molecule has 0 aromatic heterocycles. The number of rotatable bonds is 9. The highest BCUT2D eigenvalue weighted by molar-refractivity contribution is 6.30. The third-order valence-corrected chi connectivity index (χ3v) is 6.49. The molecule has 3 aromatic carbocycles. The Kier molecular flexibility index (Phi) is 8.32. The Balaban J connectivity index is 1.28. The summed E-state index contributed by atoms with van der Waals surface area (Å²) in [4.78, 5) is 2.35. The first kappa shape index (κ1) is 23.7. The number of nitrogens with zero attached hydrogens (tertiary/aromatic N) is 1. The quantitative estimate of drug-likeness (QED) is 0.409. The molecule has 0 amide bonds. The van der Waals surface area contributed by atoms with E-state index >= 15 is 0 Å². The molecule has 0 bridgehead atoms. The fraction of sp³-hybridized carbons (Fsp3) is 0.333. The van der Waals surface area contributed by atoms with Crippen LogP contribution in [0.25, 0.3) is 0 Å². The Morgan fingerprint density at radius 2 is 1.58 bits per heavy atom. The summed E-state index contributed by atoms with van der Waals surface area (Å²) in [5.74, 6) is 0.273. The maximum Gasteiger partial charge on any atom is 0.165 e. The Morgan fingerprint density at radius 3 is 2.27 bits per heavy atom. The summed E-state index contributed by atoms with van der Waals surface area (Å²) < 4.78 is 33.8. The van der Waals surface area contributed by atoms with Crippen LogP contribution in [0.3, 0.4) is 0 Å². The van der Waals surface area contributed by atoms with E-state index in [-0.39, 0.29) is 17.7 Å². The average Bonchev–Trinajstić information content (AvgIpc) is 2.83. The van der Waals surface area contributed by atoms with Crippen molar-refractivity contribution >= 4 is 11.6 Å². The van der Waals surface area contributed by atoms with Gasteiger partial charge < -0.3 is 10.1 Å². The molecule has 0 saturated carbocycles. The fourth-order valence-electron chi connectivity index (χ4n) is 4.32. The van der Waals surface area contributed by atoms with E-state index in [4.69, 9.17) is 16.3 Å². The number of para-hydroxylation sites is 1. The molecule has 33 heavy (non-hydrogen) atoms. The van der Waals surface area contributed by atoms with Gasteiger partial charge in [-0.15, -0.1) is 0 Å². The van der Waals surface area contributed by atoms with Crippen LogP contribution in [0.2, 0.25) is 5.02 Å². The lowest BCUT2D eigenvalue weighted by Gasteiger charge is -2.33. The van der Waals surface area contributed by atoms with Gasteiger partial charge in [-0.2, -0.15) is 0 Å². The monoisotopic (exact) mass is 470 g/mol. The van der Waals surface area contributed by atoms with Gasteiger partial charge in [-0.05, 0) is 74.3 Å². The maximum absolute atomic E-state index is 14.6. The molecular weight excluding hydrogens is 442 g/mol. The maximum atomic E-state index is 14.6. The minimum atomic E-state index is -0.327. The molecule has 0 aliphatic carbocycles. The minimum absolute atomic E-state index is 0.213. The first-order valence-electron chi connectivity index (χ1n) is 11.4. The smallest absolute Gasteiger partial charge is 0.165 e. The van der Waals surface area contributed by atoms with Crippen molar-refractivity contribution in [1.82, 2.24) is 10.2 Å². The van der Waals surface area contributed by atoms with Crippen LogP contribution < -0.4 is 10.1 Å². The third-order valence-electron chi connectivity index (χ3n) is 6.24. The van der Waals surface area contributed by atoms with E-state index in [1.807, 2.05) is 36.4 Å². The van der Waals surface area contributed by atoms with Gasteiger partial charge >= 0.3 is 0 Å². The van der Waals surface area contributed by atoms with E-state index in [2.05, 4.69) is 10.2 Å². The lowest BCUT2D eigenvalue weighted by atomic mass is 9.94. The van der Waals surface area contributed by atoms with Gasteiger partial charge in [-0.3, -0.25) is 4.90 Å². The van der Waals surface area contributed by atoms with Crippen molar-refractivity contribution in [3.63, 3.8) is 0 Å². The molecule has 0 radical (unpaired) electrons. The van der Waals surface area contributed by atoms with Gasteiger partial charge in [0.05, 0.1) is 6.04 Å².